The molecule has 0 spiro atoms. The Morgan fingerprint density at radius 3 is 2.54 bits per heavy atom. The highest BCUT2D eigenvalue weighted by Crippen LogP contribution is 2.16. The van der Waals surface area contributed by atoms with Gasteiger partial charge in [-0.1, -0.05) is 31.2 Å². The van der Waals surface area contributed by atoms with Crippen molar-refractivity contribution in [2.75, 3.05) is 11.9 Å². The summed E-state index contributed by atoms with van der Waals surface area (Å²) >= 11 is 0. The first-order valence-electron chi connectivity index (χ1n) is 9.40. The van der Waals surface area contributed by atoms with Gasteiger partial charge in [-0.2, -0.15) is 0 Å². The topological polar surface area (TPSA) is 76.0 Å². The molecule has 6 nitrogen and oxygen atoms in total. The lowest BCUT2D eigenvalue weighted by atomic mass is 10.1. The summed E-state index contributed by atoms with van der Waals surface area (Å²) in [5.41, 5.74) is 2.68. The molecular formula is C22H24N4O2. The Morgan fingerprint density at radius 2 is 1.82 bits per heavy atom. The number of nitrogens with one attached hydrogen (secondary N) is 2. The average Bonchev–Trinajstić information content (AvgIpc) is 3.25. The summed E-state index contributed by atoms with van der Waals surface area (Å²) < 4.78 is 1.96. The van der Waals surface area contributed by atoms with Crippen LogP contribution in [0.25, 0.3) is 0 Å². The lowest BCUT2D eigenvalue weighted by Gasteiger charge is -2.12. The maximum Gasteiger partial charge on any atom is 0.255 e. The molecule has 6 heteroatoms. The minimum absolute atomic E-state index is 0.206. The molecule has 0 saturated carbocycles. The zero-order valence-corrected chi connectivity index (χ0v) is 15.9. The quantitative estimate of drug-likeness (QED) is 0.591. The second-order valence-corrected chi connectivity index (χ2v) is 6.46. The van der Waals surface area contributed by atoms with Crippen molar-refractivity contribution >= 4 is 17.5 Å². The van der Waals surface area contributed by atoms with Gasteiger partial charge < -0.3 is 15.2 Å². The molecule has 0 saturated heterocycles. The van der Waals surface area contributed by atoms with Crippen LogP contribution in [0, 0.1) is 0 Å². The van der Waals surface area contributed by atoms with Crippen LogP contribution < -0.4 is 10.6 Å². The number of carbonyl (C=O) groups is 2. The fourth-order valence-corrected chi connectivity index (χ4v) is 2.85. The third-order valence-electron chi connectivity index (χ3n) is 4.48. The number of aryl methyl sites for hydroxylation is 2. The molecule has 0 radical (unpaired) electrons. The Bertz CT molecular complexity index is 918. The van der Waals surface area contributed by atoms with Crippen LogP contribution in [0.3, 0.4) is 0 Å². The highest BCUT2D eigenvalue weighted by molar-refractivity contribution is 6.09. The van der Waals surface area contributed by atoms with Crippen LogP contribution in [0.5, 0.6) is 0 Å². The molecule has 1 aromatic heterocycles. The molecule has 0 fully saturated rings. The maximum absolute atomic E-state index is 12.5. The van der Waals surface area contributed by atoms with E-state index in [4.69, 9.17) is 0 Å². The number of rotatable bonds is 8. The summed E-state index contributed by atoms with van der Waals surface area (Å²) in [4.78, 5) is 29.1. The Morgan fingerprint density at radius 1 is 1.04 bits per heavy atom. The number of benzene rings is 2. The smallest absolute Gasteiger partial charge is 0.255 e. The standard InChI is InChI=1S/C22H24N4O2/c1-2-17-8-10-18(11-9-17)21(27)25-20-7-4-3-6-19(20)22(28)24-12-5-14-26-15-13-23-16-26/h3-4,6-11,13,15-16H,2,5,12,14H2,1H3,(H,24,28)(H,25,27). The molecule has 28 heavy (non-hydrogen) atoms. The summed E-state index contributed by atoms with van der Waals surface area (Å²) in [6.45, 7) is 3.39. The van der Waals surface area contributed by atoms with E-state index in [2.05, 4.69) is 22.5 Å². The zero-order chi connectivity index (χ0) is 19.8. The number of anilines is 1. The van der Waals surface area contributed by atoms with E-state index in [1.165, 1.54) is 5.56 Å². The third-order valence-corrected chi connectivity index (χ3v) is 4.48. The monoisotopic (exact) mass is 376 g/mol. The van der Waals surface area contributed by atoms with Gasteiger partial charge in [0.2, 0.25) is 0 Å². The molecule has 0 unspecified atom stereocenters. The molecule has 2 aromatic carbocycles. The number of para-hydroxylation sites is 1. The van der Waals surface area contributed by atoms with Gasteiger partial charge >= 0.3 is 0 Å². The molecule has 2 N–H and O–H groups in total. The van der Waals surface area contributed by atoms with E-state index >= 15 is 0 Å². The van der Waals surface area contributed by atoms with Crippen molar-refractivity contribution in [1.82, 2.24) is 14.9 Å². The van der Waals surface area contributed by atoms with Crippen molar-refractivity contribution in [2.24, 2.45) is 0 Å². The summed E-state index contributed by atoms with van der Waals surface area (Å²) in [5, 5.41) is 5.75. The van der Waals surface area contributed by atoms with Gasteiger partial charge in [0.1, 0.15) is 0 Å². The number of nitrogens with zero attached hydrogens (tertiary/aromatic N) is 2. The molecule has 0 aliphatic heterocycles. The highest BCUT2D eigenvalue weighted by Gasteiger charge is 2.13. The van der Waals surface area contributed by atoms with Gasteiger partial charge in [-0.15, -0.1) is 0 Å². The zero-order valence-electron chi connectivity index (χ0n) is 15.9. The van der Waals surface area contributed by atoms with Crippen LogP contribution in [0.15, 0.2) is 67.3 Å². The number of amides is 2. The lowest BCUT2D eigenvalue weighted by Crippen LogP contribution is -2.26. The van der Waals surface area contributed by atoms with E-state index in [-0.39, 0.29) is 11.8 Å². The predicted octanol–water partition coefficient (Wildman–Crippen LogP) is 3.52. The van der Waals surface area contributed by atoms with Gasteiger partial charge in [-0.3, -0.25) is 9.59 Å². The van der Waals surface area contributed by atoms with Crippen molar-refractivity contribution in [2.45, 2.75) is 26.3 Å². The molecule has 144 valence electrons. The van der Waals surface area contributed by atoms with Crippen molar-refractivity contribution in [3.05, 3.63) is 83.9 Å². The van der Waals surface area contributed by atoms with E-state index in [9.17, 15) is 9.59 Å². The molecule has 3 aromatic rings. The molecular weight excluding hydrogens is 352 g/mol. The third kappa shape index (κ3) is 5.07. The minimum atomic E-state index is -0.233. The van der Waals surface area contributed by atoms with Gasteiger partial charge in [0.25, 0.3) is 11.8 Å². The molecule has 1 heterocycles. The fraction of sp³-hybridized carbons (Fsp3) is 0.227. The van der Waals surface area contributed by atoms with E-state index in [1.807, 2.05) is 22.9 Å². The largest absolute Gasteiger partial charge is 0.352 e. The highest BCUT2D eigenvalue weighted by atomic mass is 16.2. The second-order valence-electron chi connectivity index (χ2n) is 6.46. The Hall–Kier alpha value is -3.41. The van der Waals surface area contributed by atoms with Gasteiger partial charge in [0, 0.05) is 31.0 Å². The first-order valence-corrected chi connectivity index (χ1v) is 9.40. The van der Waals surface area contributed by atoms with E-state index in [0.29, 0.717) is 23.4 Å². The molecule has 3 rings (SSSR count). The summed E-state index contributed by atoms with van der Waals surface area (Å²) in [7, 11) is 0. The first-order chi connectivity index (χ1) is 13.7. The van der Waals surface area contributed by atoms with Crippen molar-refractivity contribution in [1.29, 1.82) is 0 Å². The van der Waals surface area contributed by atoms with Gasteiger partial charge in [-0.25, -0.2) is 4.98 Å². The second kappa shape index (κ2) is 9.50. The Kier molecular flexibility index (Phi) is 6.57. The van der Waals surface area contributed by atoms with Crippen molar-refractivity contribution in [3.63, 3.8) is 0 Å². The normalized spacial score (nSPS) is 10.5. The first kappa shape index (κ1) is 19.4. The van der Waals surface area contributed by atoms with Crippen LogP contribution >= 0.6 is 0 Å². The van der Waals surface area contributed by atoms with Crippen LogP contribution in [0.1, 0.15) is 39.6 Å². The van der Waals surface area contributed by atoms with Crippen LogP contribution in [0.2, 0.25) is 0 Å². The fourth-order valence-electron chi connectivity index (χ4n) is 2.85. The summed E-state index contributed by atoms with van der Waals surface area (Å²) in [6.07, 6.45) is 7.08. The summed E-state index contributed by atoms with van der Waals surface area (Å²) in [5.74, 6) is -0.439. The average molecular weight is 376 g/mol. The number of imidazole rings is 1. The van der Waals surface area contributed by atoms with Gasteiger partial charge in [0.15, 0.2) is 0 Å². The molecule has 0 aliphatic rings. The lowest BCUT2D eigenvalue weighted by molar-refractivity contribution is 0.0953. The molecule has 0 atom stereocenters. The van der Waals surface area contributed by atoms with Gasteiger partial charge in [-0.05, 0) is 42.7 Å². The predicted molar refractivity (Wildman–Crippen MR) is 109 cm³/mol. The molecule has 2 amide bonds. The summed E-state index contributed by atoms with van der Waals surface area (Å²) in [6, 6.07) is 14.5. The van der Waals surface area contributed by atoms with Crippen LogP contribution in [-0.4, -0.2) is 27.9 Å². The minimum Gasteiger partial charge on any atom is -0.352 e. The van der Waals surface area contributed by atoms with E-state index in [1.54, 1.807) is 48.9 Å². The van der Waals surface area contributed by atoms with E-state index < -0.39 is 0 Å². The molecule has 0 bridgehead atoms. The van der Waals surface area contributed by atoms with Crippen molar-refractivity contribution < 1.29 is 9.59 Å². The van der Waals surface area contributed by atoms with Gasteiger partial charge in [0.05, 0.1) is 17.6 Å². The SMILES string of the molecule is CCc1ccc(C(=O)Nc2ccccc2C(=O)NCCCn2ccnc2)cc1. The number of aromatic nitrogens is 2. The van der Waals surface area contributed by atoms with Crippen LogP contribution in [-0.2, 0) is 13.0 Å². The number of hydrogen-bond acceptors (Lipinski definition) is 3. The number of carbonyl (C=O) groups excluding carboxylic acids is 2. The Labute approximate surface area is 164 Å². The van der Waals surface area contributed by atoms with E-state index in [0.717, 1.165) is 19.4 Å². The molecule has 0 aliphatic carbocycles. The van der Waals surface area contributed by atoms with Crippen LogP contribution in [0.4, 0.5) is 5.69 Å². The number of hydrogen-bond donors (Lipinski definition) is 2. The van der Waals surface area contributed by atoms with Crippen molar-refractivity contribution in [3.8, 4) is 0 Å². The maximum atomic E-state index is 12.5. The Balaban J connectivity index is 1.59.